The van der Waals surface area contributed by atoms with Crippen LogP contribution in [0, 0.1) is 13.8 Å². The summed E-state index contributed by atoms with van der Waals surface area (Å²) >= 11 is 0. The lowest BCUT2D eigenvalue weighted by molar-refractivity contribution is -0.122. The Morgan fingerprint density at radius 2 is 1.79 bits per heavy atom. The van der Waals surface area contributed by atoms with Crippen molar-refractivity contribution in [2.75, 3.05) is 6.54 Å². The molecule has 4 rings (SSSR count). The third-order valence-corrected chi connectivity index (χ3v) is 5.19. The molecule has 28 heavy (non-hydrogen) atoms. The van der Waals surface area contributed by atoms with Crippen molar-refractivity contribution < 1.29 is 9.59 Å². The number of nitrogens with one attached hydrogen (secondary N) is 1. The summed E-state index contributed by atoms with van der Waals surface area (Å²) in [6.07, 6.45) is 2.52. The van der Waals surface area contributed by atoms with E-state index < -0.39 is 0 Å². The van der Waals surface area contributed by atoms with E-state index in [0.717, 1.165) is 29.1 Å². The molecule has 0 spiro atoms. The van der Waals surface area contributed by atoms with Gasteiger partial charge in [0.2, 0.25) is 0 Å². The molecule has 142 valence electrons. The first-order valence-corrected chi connectivity index (χ1v) is 9.53. The number of urea groups is 1. The number of aromatic nitrogens is 1. The number of hydrogen-bond acceptors (Lipinski definition) is 2. The summed E-state index contributed by atoms with van der Waals surface area (Å²) in [7, 11) is 0. The Morgan fingerprint density at radius 1 is 1.04 bits per heavy atom. The Kier molecular flexibility index (Phi) is 4.51. The van der Waals surface area contributed by atoms with Gasteiger partial charge in [0.25, 0.3) is 5.91 Å². The van der Waals surface area contributed by atoms with Gasteiger partial charge in [-0.1, -0.05) is 43.3 Å². The fourth-order valence-electron chi connectivity index (χ4n) is 3.86. The minimum absolute atomic E-state index is 0.262. The lowest BCUT2D eigenvalue weighted by atomic mass is 10.1. The maximum absolute atomic E-state index is 12.5. The number of imide groups is 1. The van der Waals surface area contributed by atoms with E-state index in [4.69, 9.17) is 0 Å². The van der Waals surface area contributed by atoms with Crippen molar-refractivity contribution in [1.82, 2.24) is 14.8 Å². The molecule has 1 aliphatic heterocycles. The van der Waals surface area contributed by atoms with Crippen LogP contribution < -0.4 is 5.32 Å². The molecule has 0 unspecified atom stereocenters. The average Bonchev–Trinajstić information content (AvgIpc) is 3.11. The van der Waals surface area contributed by atoms with Crippen LogP contribution in [0.2, 0.25) is 0 Å². The van der Waals surface area contributed by atoms with E-state index >= 15 is 0 Å². The molecule has 1 fully saturated rings. The topological polar surface area (TPSA) is 54.3 Å². The van der Waals surface area contributed by atoms with E-state index in [1.807, 2.05) is 32.0 Å². The van der Waals surface area contributed by atoms with Gasteiger partial charge >= 0.3 is 6.03 Å². The van der Waals surface area contributed by atoms with Gasteiger partial charge in [0.1, 0.15) is 5.70 Å². The Morgan fingerprint density at radius 3 is 2.57 bits per heavy atom. The van der Waals surface area contributed by atoms with E-state index in [2.05, 4.69) is 47.1 Å². The van der Waals surface area contributed by atoms with Crippen molar-refractivity contribution >= 4 is 28.8 Å². The first kappa shape index (κ1) is 18.0. The summed E-state index contributed by atoms with van der Waals surface area (Å²) < 4.78 is 2.19. The number of nitrogens with zero attached hydrogens (tertiary/aromatic N) is 2. The summed E-state index contributed by atoms with van der Waals surface area (Å²) in [4.78, 5) is 25.8. The number of fused-ring (bicyclic) bond motifs is 1. The lowest BCUT2D eigenvalue weighted by Gasteiger charge is -2.13. The zero-order valence-electron chi connectivity index (χ0n) is 16.3. The molecule has 0 bridgehead atoms. The minimum atomic E-state index is -0.346. The molecule has 3 aromatic rings. The van der Waals surface area contributed by atoms with Crippen LogP contribution >= 0.6 is 0 Å². The van der Waals surface area contributed by atoms with Crippen molar-refractivity contribution in [2.24, 2.45) is 0 Å². The molecule has 2 heterocycles. The summed E-state index contributed by atoms with van der Waals surface area (Å²) in [6.45, 7) is 6.46. The number of carbonyl (C=O) groups excluding carboxylic acids is 2. The highest BCUT2D eigenvalue weighted by Crippen LogP contribution is 2.28. The van der Waals surface area contributed by atoms with Crippen LogP contribution in [0.1, 0.15) is 30.3 Å². The zero-order valence-corrected chi connectivity index (χ0v) is 16.3. The highest BCUT2D eigenvalue weighted by atomic mass is 16.2. The Balaban J connectivity index is 1.79. The summed E-state index contributed by atoms with van der Waals surface area (Å²) in [6, 6.07) is 16.3. The van der Waals surface area contributed by atoms with E-state index in [1.54, 1.807) is 6.08 Å². The number of amides is 3. The van der Waals surface area contributed by atoms with Gasteiger partial charge in [-0.3, -0.25) is 9.69 Å². The Bertz CT molecular complexity index is 1120. The molecule has 0 radical (unpaired) electrons. The molecule has 3 amide bonds. The monoisotopic (exact) mass is 373 g/mol. The van der Waals surface area contributed by atoms with Gasteiger partial charge in [0.05, 0.1) is 5.69 Å². The maximum Gasteiger partial charge on any atom is 0.329 e. The second-order valence-corrected chi connectivity index (χ2v) is 7.11. The highest BCUT2D eigenvalue weighted by Gasteiger charge is 2.32. The molecule has 0 aliphatic carbocycles. The van der Waals surface area contributed by atoms with Gasteiger partial charge in [0, 0.05) is 23.3 Å². The summed E-state index contributed by atoms with van der Waals surface area (Å²) in [5.41, 5.74) is 4.46. The normalized spacial score (nSPS) is 15.7. The number of hydrogen-bond donors (Lipinski definition) is 1. The van der Waals surface area contributed by atoms with Crippen LogP contribution in [-0.2, 0) is 4.79 Å². The maximum atomic E-state index is 12.5. The first-order valence-electron chi connectivity index (χ1n) is 9.53. The van der Waals surface area contributed by atoms with Gasteiger partial charge in [-0.25, -0.2) is 4.79 Å². The van der Waals surface area contributed by atoms with Gasteiger partial charge in [-0.2, -0.15) is 0 Å². The van der Waals surface area contributed by atoms with Crippen LogP contribution in [0.4, 0.5) is 4.79 Å². The minimum Gasteiger partial charge on any atom is -0.317 e. The van der Waals surface area contributed by atoms with Crippen LogP contribution in [0.5, 0.6) is 0 Å². The fraction of sp³-hybridized carbons (Fsp3) is 0.217. The largest absolute Gasteiger partial charge is 0.329 e. The molecular formula is C23H23N3O2. The van der Waals surface area contributed by atoms with Gasteiger partial charge in [0.15, 0.2) is 0 Å². The SMILES string of the molecule is CCCN1C(=O)N/C(=C/c2cc(C)n(-c3cccc4ccccc34)c2C)C1=O. The van der Waals surface area contributed by atoms with Gasteiger partial charge in [-0.15, -0.1) is 0 Å². The average molecular weight is 373 g/mol. The van der Waals surface area contributed by atoms with Crippen LogP contribution in [0.25, 0.3) is 22.5 Å². The van der Waals surface area contributed by atoms with Crippen molar-refractivity contribution in [1.29, 1.82) is 0 Å². The molecule has 5 nitrogen and oxygen atoms in total. The molecule has 0 atom stereocenters. The predicted octanol–water partition coefficient (Wildman–Crippen LogP) is 4.55. The van der Waals surface area contributed by atoms with Crippen molar-refractivity contribution in [3.05, 3.63) is 71.2 Å². The van der Waals surface area contributed by atoms with Crippen LogP contribution in [0.3, 0.4) is 0 Å². The summed E-state index contributed by atoms with van der Waals surface area (Å²) in [5, 5.41) is 5.05. The van der Waals surface area contributed by atoms with Crippen molar-refractivity contribution in [2.45, 2.75) is 27.2 Å². The van der Waals surface area contributed by atoms with Crippen molar-refractivity contribution in [3.8, 4) is 5.69 Å². The van der Waals surface area contributed by atoms with Crippen molar-refractivity contribution in [3.63, 3.8) is 0 Å². The predicted molar refractivity (Wildman–Crippen MR) is 111 cm³/mol. The molecule has 1 aliphatic rings. The number of rotatable bonds is 4. The Labute approximate surface area is 164 Å². The standard InChI is InChI=1S/C23H23N3O2/c1-4-12-25-22(27)20(24-23(25)28)14-18-13-15(2)26(16(18)3)21-11-7-9-17-8-5-6-10-19(17)21/h5-11,13-14H,4,12H2,1-3H3,(H,24,28)/b20-14+. The molecule has 2 aromatic carbocycles. The van der Waals surface area contributed by atoms with E-state index in [0.29, 0.717) is 12.2 Å². The molecule has 1 N–H and O–H groups in total. The Hall–Kier alpha value is -3.34. The first-order chi connectivity index (χ1) is 13.5. The molecule has 0 saturated carbocycles. The van der Waals surface area contributed by atoms with Gasteiger partial charge in [-0.05, 0) is 49.4 Å². The smallest absolute Gasteiger partial charge is 0.317 e. The number of aryl methyl sites for hydroxylation is 1. The molecule has 5 heteroatoms. The van der Waals surface area contributed by atoms with E-state index in [1.165, 1.54) is 15.7 Å². The fourth-order valence-corrected chi connectivity index (χ4v) is 3.86. The number of benzene rings is 2. The second-order valence-electron chi connectivity index (χ2n) is 7.11. The van der Waals surface area contributed by atoms with Gasteiger partial charge < -0.3 is 9.88 Å². The quantitative estimate of drug-likeness (QED) is 0.539. The van der Waals surface area contributed by atoms with E-state index in [9.17, 15) is 9.59 Å². The lowest BCUT2D eigenvalue weighted by Crippen LogP contribution is -2.31. The second kappa shape index (κ2) is 7.00. The molecule has 1 aromatic heterocycles. The third kappa shape index (κ3) is 2.89. The van der Waals surface area contributed by atoms with E-state index in [-0.39, 0.29) is 11.9 Å². The summed E-state index contributed by atoms with van der Waals surface area (Å²) in [5.74, 6) is -0.262. The molecule has 1 saturated heterocycles. The third-order valence-electron chi connectivity index (χ3n) is 5.19. The molecular weight excluding hydrogens is 350 g/mol. The zero-order chi connectivity index (χ0) is 19.8. The van der Waals surface area contributed by atoms with Crippen LogP contribution in [-0.4, -0.2) is 28.0 Å². The van der Waals surface area contributed by atoms with Crippen LogP contribution in [0.15, 0.2) is 54.2 Å². The number of carbonyl (C=O) groups is 2. The highest BCUT2D eigenvalue weighted by molar-refractivity contribution is 6.14.